The van der Waals surface area contributed by atoms with Crippen LogP contribution in [0.2, 0.25) is 5.02 Å². The molecule has 21 heavy (non-hydrogen) atoms. The van der Waals surface area contributed by atoms with Gasteiger partial charge >= 0.3 is 0 Å². The van der Waals surface area contributed by atoms with Gasteiger partial charge in [0.2, 0.25) is 0 Å². The molecule has 1 aromatic rings. The van der Waals surface area contributed by atoms with E-state index in [2.05, 4.69) is 0 Å². The highest BCUT2D eigenvalue weighted by Crippen LogP contribution is 2.37. The van der Waals surface area contributed by atoms with Crippen molar-refractivity contribution in [1.29, 1.82) is 0 Å². The van der Waals surface area contributed by atoms with Crippen LogP contribution < -0.4 is 15.2 Å². The van der Waals surface area contributed by atoms with Gasteiger partial charge in [-0.25, -0.2) is 0 Å². The lowest BCUT2D eigenvalue weighted by molar-refractivity contribution is -0.135. The summed E-state index contributed by atoms with van der Waals surface area (Å²) in [7, 11) is 4.88. The number of carbonyl (C=O) groups is 1. The van der Waals surface area contributed by atoms with Crippen molar-refractivity contribution in [1.82, 2.24) is 4.90 Å². The van der Waals surface area contributed by atoms with Crippen LogP contribution >= 0.6 is 11.6 Å². The highest BCUT2D eigenvalue weighted by atomic mass is 35.5. The Hall–Kier alpha value is -1.46. The first-order valence-corrected chi connectivity index (χ1v) is 7.13. The minimum absolute atomic E-state index is 0.0202. The van der Waals surface area contributed by atoms with Gasteiger partial charge in [-0.15, -0.1) is 0 Å². The van der Waals surface area contributed by atoms with Gasteiger partial charge < -0.3 is 20.1 Å². The molecule has 1 amide bonds. The Bertz CT molecular complexity index is 504. The summed E-state index contributed by atoms with van der Waals surface area (Å²) in [6, 6.07) is 3.64. The molecule has 0 aromatic heterocycles. The molecule has 0 saturated heterocycles. The van der Waals surface area contributed by atoms with Gasteiger partial charge in [0.15, 0.2) is 17.6 Å². The Morgan fingerprint density at radius 3 is 2.48 bits per heavy atom. The molecule has 118 valence electrons. The summed E-state index contributed by atoms with van der Waals surface area (Å²) in [5.74, 6) is 0.722. The van der Waals surface area contributed by atoms with E-state index in [1.54, 1.807) is 27.1 Å². The van der Waals surface area contributed by atoms with Gasteiger partial charge in [-0.1, -0.05) is 11.6 Å². The molecule has 0 fully saturated rings. The second-order valence-electron chi connectivity index (χ2n) is 5.28. The molecule has 5 nitrogen and oxygen atoms in total. The molecule has 2 N–H and O–H groups in total. The fourth-order valence-electron chi connectivity index (χ4n) is 1.97. The van der Waals surface area contributed by atoms with Crippen LogP contribution in [0.5, 0.6) is 11.5 Å². The predicted octanol–water partition coefficient (Wildman–Crippen LogP) is 2.09. The Labute approximate surface area is 131 Å². The molecule has 2 unspecified atom stereocenters. The van der Waals surface area contributed by atoms with E-state index in [9.17, 15) is 4.79 Å². The van der Waals surface area contributed by atoms with Crippen LogP contribution in [-0.4, -0.2) is 44.2 Å². The molecule has 0 aliphatic rings. The third-order valence-electron chi connectivity index (χ3n) is 2.93. The smallest absolute Gasteiger partial charge is 0.262 e. The Balaban J connectivity index is 3.04. The number of likely N-dealkylation sites (N-methyl/N-ethyl adjacent to an activating group) is 1. The molecule has 6 heteroatoms. The number of nitrogens with zero attached hydrogens (tertiary/aromatic N) is 1. The van der Waals surface area contributed by atoms with E-state index >= 15 is 0 Å². The Morgan fingerprint density at radius 1 is 1.38 bits per heavy atom. The summed E-state index contributed by atoms with van der Waals surface area (Å²) < 4.78 is 11.0. The van der Waals surface area contributed by atoms with Crippen molar-refractivity contribution in [3.8, 4) is 11.5 Å². The molecule has 0 spiro atoms. The summed E-state index contributed by atoms with van der Waals surface area (Å²) >= 11 is 6.25. The number of benzene rings is 1. The number of carbonyl (C=O) groups excluding carboxylic acids is 1. The van der Waals surface area contributed by atoms with Crippen molar-refractivity contribution in [2.24, 2.45) is 5.73 Å². The zero-order chi connectivity index (χ0) is 16.2. The normalized spacial score (nSPS) is 13.5. The summed E-state index contributed by atoms with van der Waals surface area (Å²) in [5.41, 5.74) is 6.76. The third kappa shape index (κ3) is 4.79. The molecule has 0 bridgehead atoms. The minimum atomic E-state index is -0.648. The van der Waals surface area contributed by atoms with Crippen molar-refractivity contribution < 1.29 is 14.3 Å². The van der Waals surface area contributed by atoms with Crippen molar-refractivity contribution in [2.45, 2.75) is 32.4 Å². The highest BCUT2D eigenvalue weighted by Gasteiger charge is 2.21. The monoisotopic (exact) mass is 314 g/mol. The largest absolute Gasteiger partial charge is 0.493 e. The number of methoxy groups -OCH3 is 1. The molecule has 0 radical (unpaired) electrons. The van der Waals surface area contributed by atoms with E-state index in [0.29, 0.717) is 22.9 Å². The van der Waals surface area contributed by atoms with Gasteiger partial charge in [0, 0.05) is 20.1 Å². The first-order valence-electron chi connectivity index (χ1n) is 6.76. The summed E-state index contributed by atoms with van der Waals surface area (Å²) in [6.45, 7) is 3.59. The maximum Gasteiger partial charge on any atom is 0.262 e. The van der Waals surface area contributed by atoms with Crippen molar-refractivity contribution in [3.05, 3.63) is 22.7 Å². The van der Waals surface area contributed by atoms with E-state index in [-0.39, 0.29) is 11.9 Å². The van der Waals surface area contributed by atoms with E-state index < -0.39 is 6.10 Å². The molecule has 1 aromatic carbocycles. The van der Waals surface area contributed by atoms with Gasteiger partial charge in [0.25, 0.3) is 5.91 Å². The summed E-state index contributed by atoms with van der Waals surface area (Å²) in [5, 5.41) is 0.406. The molecule has 0 aliphatic carbocycles. The van der Waals surface area contributed by atoms with E-state index in [4.69, 9.17) is 26.8 Å². The number of amides is 1. The molecule has 0 heterocycles. The van der Waals surface area contributed by atoms with Crippen LogP contribution in [0.15, 0.2) is 12.1 Å². The van der Waals surface area contributed by atoms with Gasteiger partial charge in [0.1, 0.15) is 0 Å². The fourth-order valence-corrected chi connectivity index (χ4v) is 2.25. The van der Waals surface area contributed by atoms with Crippen LogP contribution in [0.25, 0.3) is 0 Å². The number of hydrogen-bond acceptors (Lipinski definition) is 4. The molecule has 0 aliphatic heterocycles. The van der Waals surface area contributed by atoms with Crippen LogP contribution in [-0.2, 0) is 11.2 Å². The van der Waals surface area contributed by atoms with Crippen LogP contribution in [0.3, 0.4) is 0 Å². The Kier molecular flexibility index (Phi) is 6.30. The van der Waals surface area contributed by atoms with Crippen LogP contribution in [0.1, 0.15) is 19.4 Å². The lowest BCUT2D eigenvalue weighted by Gasteiger charge is -2.21. The van der Waals surface area contributed by atoms with Crippen LogP contribution in [0.4, 0.5) is 0 Å². The predicted molar refractivity (Wildman–Crippen MR) is 84.1 cm³/mol. The number of halogens is 1. The maximum atomic E-state index is 11.9. The third-order valence-corrected chi connectivity index (χ3v) is 3.21. The average molecular weight is 315 g/mol. The summed E-state index contributed by atoms with van der Waals surface area (Å²) in [6.07, 6.45) is 0.0356. The first kappa shape index (κ1) is 17.6. The van der Waals surface area contributed by atoms with E-state index in [0.717, 1.165) is 5.56 Å². The van der Waals surface area contributed by atoms with Gasteiger partial charge in [0.05, 0.1) is 12.1 Å². The topological polar surface area (TPSA) is 64.8 Å². The van der Waals surface area contributed by atoms with Crippen LogP contribution in [0, 0.1) is 0 Å². The number of nitrogens with two attached hydrogens (primary N) is 1. The van der Waals surface area contributed by atoms with E-state index in [1.165, 1.54) is 12.0 Å². The SMILES string of the molecule is COc1cc(CC(C)N)cc(Cl)c1OC(C)C(=O)N(C)C. The fraction of sp³-hybridized carbons (Fsp3) is 0.533. The Morgan fingerprint density at radius 2 is 2.00 bits per heavy atom. The average Bonchev–Trinajstić information content (AvgIpc) is 2.39. The molecular weight excluding hydrogens is 292 g/mol. The van der Waals surface area contributed by atoms with Crippen molar-refractivity contribution in [3.63, 3.8) is 0 Å². The maximum absolute atomic E-state index is 11.9. The second kappa shape index (κ2) is 7.52. The standard InChI is InChI=1S/C15H23ClN2O3/c1-9(17)6-11-7-12(16)14(13(8-11)20-5)21-10(2)15(19)18(3)4/h7-10H,6,17H2,1-5H3. The van der Waals surface area contributed by atoms with Gasteiger partial charge in [-0.2, -0.15) is 0 Å². The summed E-state index contributed by atoms with van der Waals surface area (Å²) in [4.78, 5) is 13.3. The van der Waals surface area contributed by atoms with Crippen molar-refractivity contribution >= 4 is 17.5 Å². The molecule has 2 atom stereocenters. The number of rotatable bonds is 6. The number of ether oxygens (including phenoxy) is 2. The zero-order valence-corrected chi connectivity index (χ0v) is 13.9. The zero-order valence-electron chi connectivity index (χ0n) is 13.1. The second-order valence-corrected chi connectivity index (χ2v) is 5.69. The van der Waals surface area contributed by atoms with Crippen molar-refractivity contribution in [2.75, 3.05) is 21.2 Å². The highest BCUT2D eigenvalue weighted by molar-refractivity contribution is 6.32. The first-order chi connectivity index (χ1) is 9.76. The molecular formula is C15H23ClN2O3. The molecule has 0 saturated carbocycles. The minimum Gasteiger partial charge on any atom is -0.493 e. The van der Waals surface area contributed by atoms with Gasteiger partial charge in [-0.05, 0) is 38.0 Å². The van der Waals surface area contributed by atoms with Gasteiger partial charge in [-0.3, -0.25) is 4.79 Å². The lowest BCUT2D eigenvalue weighted by atomic mass is 10.1. The van der Waals surface area contributed by atoms with E-state index in [1.807, 2.05) is 13.0 Å². The quantitative estimate of drug-likeness (QED) is 0.873. The lowest BCUT2D eigenvalue weighted by Crippen LogP contribution is -2.35. The molecule has 1 rings (SSSR count). The number of hydrogen-bond donors (Lipinski definition) is 1.